The van der Waals surface area contributed by atoms with Crippen LogP contribution in [0.25, 0.3) is 0 Å². The van der Waals surface area contributed by atoms with Crippen molar-refractivity contribution in [3.05, 3.63) is 39.4 Å². The van der Waals surface area contributed by atoms with Gasteiger partial charge in [0.15, 0.2) is 10.9 Å². The van der Waals surface area contributed by atoms with Crippen molar-refractivity contribution in [2.24, 2.45) is 0 Å². The molecule has 0 bridgehead atoms. The first-order chi connectivity index (χ1) is 11.1. The third-order valence-electron chi connectivity index (χ3n) is 3.79. The summed E-state index contributed by atoms with van der Waals surface area (Å²) in [6.45, 7) is 3.23. The lowest BCUT2D eigenvalue weighted by molar-refractivity contribution is -0.127. The number of nitrogens with one attached hydrogen (secondary N) is 2. The maximum absolute atomic E-state index is 12.2. The minimum atomic E-state index is -0.504. The van der Waals surface area contributed by atoms with Gasteiger partial charge in [0.2, 0.25) is 0 Å². The molecule has 1 aromatic carbocycles. The number of carbonyl (C=O) groups is 1. The Hall–Kier alpha value is -1.86. The van der Waals surface area contributed by atoms with Gasteiger partial charge in [0.25, 0.3) is 5.91 Å². The van der Waals surface area contributed by atoms with Gasteiger partial charge in [-0.15, -0.1) is 0 Å². The van der Waals surface area contributed by atoms with E-state index in [1.165, 1.54) is 0 Å². The fourth-order valence-electron chi connectivity index (χ4n) is 2.64. The molecule has 0 radical (unpaired) electrons. The van der Waals surface area contributed by atoms with Crippen molar-refractivity contribution in [2.75, 3.05) is 6.54 Å². The highest BCUT2D eigenvalue weighted by molar-refractivity contribution is 7.71. The quantitative estimate of drug-likeness (QED) is 0.810. The van der Waals surface area contributed by atoms with E-state index in [1.807, 2.05) is 17.6 Å². The minimum absolute atomic E-state index is 0.130. The van der Waals surface area contributed by atoms with Crippen LogP contribution < -0.4 is 10.1 Å². The molecule has 1 aromatic heterocycles. The molecule has 1 aliphatic heterocycles. The maximum atomic E-state index is 12.2. The topological polar surface area (TPSA) is 71.9 Å². The Kier molecular flexibility index (Phi) is 4.68. The molecule has 2 aromatic rings. The molecule has 1 atom stereocenters. The predicted molar refractivity (Wildman–Crippen MR) is 89.4 cm³/mol. The van der Waals surface area contributed by atoms with E-state index in [0.29, 0.717) is 29.2 Å². The molecule has 8 heteroatoms. The molecular weight excluding hydrogens is 336 g/mol. The Bertz CT molecular complexity index is 786. The Morgan fingerprint density at radius 2 is 2.43 bits per heavy atom. The monoisotopic (exact) mass is 352 g/mol. The number of benzene rings is 1. The summed E-state index contributed by atoms with van der Waals surface area (Å²) in [6.07, 6.45) is 0.642. The summed E-state index contributed by atoms with van der Waals surface area (Å²) >= 11 is 11.1. The molecule has 0 aliphatic carbocycles. The molecule has 3 rings (SSSR count). The van der Waals surface area contributed by atoms with Gasteiger partial charge in [-0.25, -0.2) is 0 Å². The summed E-state index contributed by atoms with van der Waals surface area (Å²) in [5.74, 6) is 1.43. The third kappa shape index (κ3) is 3.40. The van der Waals surface area contributed by atoms with Crippen LogP contribution in [0.3, 0.4) is 0 Å². The fraction of sp³-hybridized carbons (Fsp3) is 0.400. The number of hydrogen-bond acceptors (Lipinski definition) is 4. The summed E-state index contributed by atoms with van der Waals surface area (Å²) in [6, 6.07) is 5.39. The van der Waals surface area contributed by atoms with Gasteiger partial charge in [0, 0.05) is 31.0 Å². The molecule has 0 fully saturated rings. The van der Waals surface area contributed by atoms with Crippen molar-refractivity contribution in [2.45, 2.75) is 32.4 Å². The lowest BCUT2D eigenvalue weighted by Crippen LogP contribution is -2.38. The lowest BCUT2D eigenvalue weighted by atomic mass is 10.1. The molecule has 6 nitrogen and oxygen atoms in total. The highest BCUT2D eigenvalue weighted by atomic mass is 35.5. The van der Waals surface area contributed by atoms with Crippen molar-refractivity contribution >= 4 is 29.7 Å². The van der Waals surface area contributed by atoms with Crippen LogP contribution >= 0.6 is 23.8 Å². The van der Waals surface area contributed by atoms with Crippen LogP contribution in [-0.2, 0) is 24.2 Å². The van der Waals surface area contributed by atoms with Gasteiger partial charge < -0.3 is 14.6 Å². The summed E-state index contributed by atoms with van der Waals surface area (Å²) in [4.78, 5) is 12.2. The van der Waals surface area contributed by atoms with Gasteiger partial charge in [-0.3, -0.25) is 9.89 Å². The molecule has 2 N–H and O–H groups in total. The molecule has 122 valence electrons. The summed E-state index contributed by atoms with van der Waals surface area (Å²) in [7, 11) is 0. The first-order valence-electron chi connectivity index (χ1n) is 7.45. The zero-order valence-corrected chi connectivity index (χ0v) is 14.2. The van der Waals surface area contributed by atoms with E-state index in [-0.39, 0.29) is 5.91 Å². The fourth-order valence-corrected chi connectivity index (χ4v) is 3.12. The molecule has 2 heterocycles. The van der Waals surface area contributed by atoms with Gasteiger partial charge in [0.1, 0.15) is 11.6 Å². The number of nitrogens with zero attached hydrogens (tertiary/aromatic N) is 2. The maximum Gasteiger partial charge on any atom is 0.261 e. The largest absolute Gasteiger partial charge is 0.480 e. The molecule has 0 unspecified atom stereocenters. The highest BCUT2D eigenvalue weighted by Crippen LogP contribution is 2.31. The number of aromatic nitrogens is 3. The van der Waals surface area contributed by atoms with Crippen molar-refractivity contribution in [1.29, 1.82) is 0 Å². The van der Waals surface area contributed by atoms with E-state index < -0.39 is 6.10 Å². The molecule has 1 amide bonds. The second kappa shape index (κ2) is 6.72. The number of aromatic amines is 1. The molecule has 23 heavy (non-hydrogen) atoms. The van der Waals surface area contributed by atoms with Crippen molar-refractivity contribution in [3.63, 3.8) is 0 Å². The van der Waals surface area contributed by atoms with E-state index in [9.17, 15) is 4.79 Å². The second-order valence-electron chi connectivity index (χ2n) is 5.29. The van der Waals surface area contributed by atoms with Gasteiger partial charge >= 0.3 is 0 Å². The SMILES string of the molecule is CCn1c(CCNC(=O)[C@@H]2Cc3cc(Cl)ccc3O2)n[nH]c1=S. The van der Waals surface area contributed by atoms with Gasteiger partial charge in [0.05, 0.1) is 0 Å². The van der Waals surface area contributed by atoms with Gasteiger partial charge in [-0.05, 0) is 42.9 Å². The summed E-state index contributed by atoms with van der Waals surface area (Å²) < 4.78 is 8.17. The zero-order chi connectivity index (χ0) is 16.4. The Morgan fingerprint density at radius 1 is 1.61 bits per heavy atom. The first kappa shape index (κ1) is 16.0. The van der Waals surface area contributed by atoms with E-state index in [2.05, 4.69) is 15.5 Å². The number of amides is 1. The number of H-pyrrole nitrogens is 1. The van der Waals surface area contributed by atoms with Crippen molar-refractivity contribution in [3.8, 4) is 5.75 Å². The Labute approximate surface area is 143 Å². The van der Waals surface area contributed by atoms with Crippen LogP contribution in [0.5, 0.6) is 5.75 Å². The molecule has 0 saturated carbocycles. The summed E-state index contributed by atoms with van der Waals surface area (Å²) in [5.41, 5.74) is 0.963. The lowest BCUT2D eigenvalue weighted by Gasteiger charge is -2.11. The average molecular weight is 353 g/mol. The normalized spacial score (nSPS) is 16.0. The second-order valence-corrected chi connectivity index (χ2v) is 6.12. The first-order valence-corrected chi connectivity index (χ1v) is 8.24. The smallest absolute Gasteiger partial charge is 0.261 e. The number of ether oxygens (including phenoxy) is 1. The van der Waals surface area contributed by atoms with Gasteiger partial charge in [-0.2, -0.15) is 5.10 Å². The Balaban J connectivity index is 1.54. The van der Waals surface area contributed by atoms with E-state index in [4.69, 9.17) is 28.6 Å². The number of carbonyl (C=O) groups excluding carboxylic acids is 1. The summed E-state index contributed by atoms with van der Waals surface area (Å²) in [5, 5.41) is 10.5. The van der Waals surface area contributed by atoms with Crippen LogP contribution in [0.4, 0.5) is 0 Å². The van der Waals surface area contributed by atoms with Crippen LogP contribution in [0.15, 0.2) is 18.2 Å². The number of hydrogen-bond donors (Lipinski definition) is 2. The van der Waals surface area contributed by atoms with E-state index in [1.54, 1.807) is 12.1 Å². The van der Waals surface area contributed by atoms with Crippen molar-refractivity contribution in [1.82, 2.24) is 20.1 Å². The van der Waals surface area contributed by atoms with Gasteiger partial charge in [-0.1, -0.05) is 11.6 Å². The molecule has 0 spiro atoms. The van der Waals surface area contributed by atoms with Crippen LogP contribution in [0, 0.1) is 4.77 Å². The number of halogens is 1. The highest BCUT2D eigenvalue weighted by Gasteiger charge is 2.28. The van der Waals surface area contributed by atoms with Crippen LogP contribution in [-0.4, -0.2) is 33.3 Å². The number of fused-ring (bicyclic) bond motifs is 1. The average Bonchev–Trinajstić information content (AvgIpc) is 3.10. The van der Waals surface area contributed by atoms with E-state index in [0.717, 1.165) is 23.7 Å². The Morgan fingerprint density at radius 3 is 3.22 bits per heavy atom. The van der Waals surface area contributed by atoms with E-state index >= 15 is 0 Å². The molecular formula is C15H17ClN4O2S. The van der Waals surface area contributed by atoms with Crippen molar-refractivity contribution < 1.29 is 9.53 Å². The standard InChI is InChI=1S/C15H17ClN4O2S/c1-2-20-13(18-19-15(20)23)5-6-17-14(21)12-8-9-7-10(16)3-4-11(9)22-12/h3-4,7,12H,2,5-6,8H2,1H3,(H,17,21)(H,19,23)/t12-/m0/s1. The zero-order valence-electron chi connectivity index (χ0n) is 12.6. The molecule has 0 saturated heterocycles. The minimum Gasteiger partial charge on any atom is -0.480 e. The van der Waals surface area contributed by atoms with Crippen LogP contribution in [0.2, 0.25) is 5.02 Å². The molecule has 1 aliphatic rings. The number of rotatable bonds is 5. The third-order valence-corrected chi connectivity index (χ3v) is 4.34. The predicted octanol–water partition coefficient (Wildman–Crippen LogP) is 2.28. The van der Waals surface area contributed by atoms with Crippen LogP contribution in [0.1, 0.15) is 18.3 Å².